The highest BCUT2D eigenvalue weighted by atomic mass is 15.3. The van der Waals surface area contributed by atoms with Gasteiger partial charge in [-0.15, -0.1) is 0 Å². The van der Waals surface area contributed by atoms with Gasteiger partial charge in [0.25, 0.3) is 0 Å². The predicted molar refractivity (Wildman–Crippen MR) is 83.8 cm³/mol. The summed E-state index contributed by atoms with van der Waals surface area (Å²) >= 11 is 0. The highest BCUT2D eigenvalue weighted by Gasteiger charge is 2.47. The van der Waals surface area contributed by atoms with Crippen LogP contribution in [0.25, 0.3) is 0 Å². The predicted octanol–water partition coefficient (Wildman–Crippen LogP) is 3.42. The molecule has 4 fully saturated rings. The Morgan fingerprint density at radius 2 is 1.95 bits per heavy atom. The van der Waals surface area contributed by atoms with E-state index in [0.29, 0.717) is 5.54 Å². The first-order chi connectivity index (χ1) is 9.67. The molecule has 5 unspecified atom stereocenters. The van der Waals surface area contributed by atoms with Crippen LogP contribution in [0.1, 0.15) is 65.2 Å². The third-order valence-electron chi connectivity index (χ3n) is 7.32. The summed E-state index contributed by atoms with van der Waals surface area (Å²) in [5.74, 6) is 3.16. The summed E-state index contributed by atoms with van der Waals surface area (Å²) in [6.07, 6.45) is 11.9. The van der Waals surface area contributed by atoms with Crippen molar-refractivity contribution in [3.63, 3.8) is 0 Å². The van der Waals surface area contributed by atoms with Gasteiger partial charge in [-0.2, -0.15) is 0 Å². The topological polar surface area (TPSA) is 15.3 Å². The normalized spacial score (nSPS) is 45.3. The van der Waals surface area contributed by atoms with Gasteiger partial charge in [-0.25, -0.2) is 0 Å². The van der Waals surface area contributed by atoms with Crippen molar-refractivity contribution in [1.82, 2.24) is 10.2 Å². The molecule has 2 bridgehead atoms. The molecule has 20 heavy (non-hydrogen) atoms. The highest BCUT2D eigenvalue weighted by molar-refractivity contribution is 5.03. The number of rotatable bonds is 2. The molecule has 1 saturated heterocycles. The zero-order chi connectivity index (χ0) is 13.7. The summed E-state index contributed by atoms with van der Waals surface area (Å²) < 4.78 is 0. The van der Waals surface area contributed by atoms with Gasteiger partial charge in [-0.05, 0) is 63.7 Å². The van der Waals surface area contributed by atoms with Crippen molar-refractivity contribution in [3.05, 3.63) is 0 Å². The fourth-order valence-electron chi connectivity index (χ4n) is 6.11. The minimum atomic E-state index is 0.485. The van der Waals surface area contributed by atoms with Crippen molar-refractivity contribution < 1.29 is 0 Å². The van der Waals surface area contributed by atoms with Crippen molar-refractivity contribution in [1.29, 1.82) is 0 Å². The zero-order valence-corrected chi connectivity index (χ0v) is 13.4. The van der Waals surface area contributed by atoms with E-state index in [-0.39, 0.29) is 0 Å². The van der Waals surface area contributed by atoms with E-state index in [1.165, 1.54) is 58.0 Å². The van der Waals surface area contributed by atoms with Crippen LogP contribution in [0.3, 0.4) is 0 Å². The Morgan fingerprint density at radius 3 is 2.60 bits per heavy atom. The fourth-order valence-corrected chi connectivity index (χ4v) is 6.11. The van der Waals surface area contributed by atoms with Crippen LogP contribution in [-0.2, 0) is 0 Å². The summed E-state index contributed by atoms with van der Waals surface area (Å²) in [6.45, 7) is 7.53. The number of piperazine rings is 1. The lowest BCUT2D eigenvalue weighted by Crippen LogP contribution is -2.65. The molecule has 1 N–H and O–H groups in total. The van der Waals surface area contributed by atoms with Crippen LogP contribution >= 0.6 is 0 Å². The Kier molecular flexibility index (Phi) is 3.38. The standard InChI is InChI=1S/C18H32N2/c1-13-11-19-18(7-3-4-8-18)12-20(13)14(2)17-10-15-5-6-16(17)9-15/h13-17,19H,3-12H2,1-2H3. The van der Waals surface area contributed by atoms with E-state index in [2.05, 4.69) is 24.1 Å². The number of hydrogen-bond acceptors (Lipinski definition) is 2. The van der Waals surface area contributed by atoms with Crippen LogP contribution in [0.2, 0.25) is 0 Å². The maximum Gasteiger partial charge on any atom is 0.0309 e. The minimum absolute atomic E-state index is 0.485. The Bertz CT molecular complexity index is 360. The molecule has 1 aliphatic heterocycles. The first kappa shape index (κ1) is 13.6. The molecule has 0 aromatic carbocycles. The summed E-state index contributed by atoms with van der Waals surface area (Å²) in [5, 5.41) is 3.91. The maximum atomic E-state index is 3.91. The molecule has 4 aliphatic rings. The molecule has 1 spiro atoms. The molecule has 3 aliphatic carbocycles. The molecule has 4 rings (SSSR count). The number of nitrogens with one attached hydrogen (secondary N) is 1. The van der Waals surface area contributed by atoms with E-state index in [4.69, 9.17) is 0 Å². The molecule has 0 amide bonds. The Balaban J connectivity index is 1.48. The molecule has 0 aromatic heterocycles. The highest BCUT2D eigenvalue weighted by Crippen LogP contribution is 2.51. The summed E-state index contributed by atoms with van der Waals surface area (Å²) in [4.78, 5) is 2.90. The van der Waals surface area contributed by atoms with E-state index in [0.717, 1.165) is 29.8 Å². The van der Waals surface area contributed by atoms with Gasteiger partial charge >= 0.3 is 0 Å². The molecule has 1 heterocycles. The summed E-state index contributed by atoms with van der Waals surface area (Å²) in [6, 6.07) is 1.55. The van der Waals surface area contributed by atoms with Crippen molar-refractivity contribution in [2.45, 2.75) is 82.8 Å². The molecule has 5 atom stereocenters. The second kappa shape index (κ2) is 4.98. The van der Waals surface area contributed by atoms with Gasteiger partial charge in [0.1, 0.15) is 0 Å². The molecule has 0 aromatic rings. The first-order valence-electron chi connectivity index (χ1n) is 9.18. The van der Waals surface area contributed by atoms with Gasteiger partial charge in [-0.3, -0.25) is 4.90 Å². The van der Waals surface area contributed by atoms with Crippen molar-refractivity contribution in [2.75, 3.05) is 13.1 Å². The van der Waals surface area contributed by atoms with E-state index in [9.17, 15) is 0 Å². The van der Waals surface area contributed by atoms with Gasteiger partial charge in [0, 0.05) is 30.7 Å². The number of nitrogens with zero attached hydrogens (tertiary/aromatic N) is 1. The monoisotopic (exact) mass is 276 g/mol. The zero-order valence-electron chi connectivity index (χ0n) is 13.4. The molecule has 3 saturated carbocycles. The number of hydrogen-bond donors (Lipinski definition) is 1. The fraction of sp³-hybridized carbons (Fsp3) is 1.00. The van der Waals surface area contributed by atoms with Crippen LogP contribution in [0, 0.1) is 17.8 Å². The third kappa shape index (κ3) is 2.14. The largest absolute Gasteiger partial charge is 0.308 e. The summed E-state index contributed by atoms with van der Waals surface area (Å²) in [7, 11) is 0. The van der Waals surface area contributed by atoms with E-state index in [1.54, 1.807) is 6.42 Å². The molecular formula is C18H32N2. The average molecular weight is 276 g/mol. The van der Waals surface area contributed by atoms with Gasteiger partial charge in [-0.1, -0.05) is 19.3 Å². The second-order valence-corrected chi connectivity index (χ2v) is 8.47. The lowest BCUT2D eigenvalue weighted by molar-refractivity contribution is 0.0215. The van der Waals surface area contributed by atoms with E-state index in [1.807, 2.05) is 0 Å². The van der Waals surface area contributed by atoms with Crippen LogP contribution < -0.4 is 5.32 Å². The van der Waals surface area contributed by atoms with Crippen molar-refractivity contribution in [2.24, 2.45) is 17.8 Å². The van der Waals surface area contributed by atoms with Gasteiger partial charge < -0.3 is 5.32 Å². The molecule has 0 radical (unpaired) electrons. The smallest absolute Gasteiger partial charge is 0.0309 e. The van der Waals surface area contributed by atoms with Crippen LogP contribution in [0.5, 0.6) is 0 Å². The van der Waals surface area contributed by atoms with Crippen LogP contribution in [0.15, 0.2) is 0 Å². The SMILES string of the molecule is CC1CNC2(CCCC2)CN1C(C)C1CC2CCC1C2. The van der Waals surface area contributed by atoms with Gasteiger partial charge in [0.05, 0.1) is 0 Å². The third-order valence-corrected chi connectivity index (χ3v) is 7.32. The Labute approximate surface area is 124 Å². The van der Waals surface area contributed by atoms with E-state index >= 15 is 0 Å². The molecule has 2 nitrogen and oxygen atoms in total. The molecule has 2 heteroatoms. The Hall–Kier alpha value is -0.0800. The lowest BCUT2D eigenvalue weighted by atomic mass is 9.81. The quantitative estimate of drug-likeness (QED) is 0.831. The summed E-state index contributed by atoms with van der Waals surface area (Å²) in [5.41, 5.74) is 0.485. The second-order valence-electron chi connectivity index (χ2n) is 8.47. The molecule has 114 valence electrons. The van der Waals surface area contributed by atoms with Crippen molar-refractivity contribution >= 4 is 0 Å². The first-order valence-corrected chi connectivity index (χ1v) is 9.18. The van der Waals surface area contributed by atoms with Gasteiger partial charge in [0.2, 0.25) is 0 Å². The maximum absolute atomic E-state index is 3.91. The minimum Gasteiger partial charge on any atom is -0.308 e. The number of fused-ring (bicyclic) bond motifs is 2. The van der Waals surface area contributed by atoms with E-state index < -0.39 is 0 Å². The molecular weight excluding hydrogens is 244 g/mol. The van der Waals surface area contributed by atoms with Crippen molar-refractivity contribution in [3.8, 4) is 0 Å². The van der Waals surface area contributed by atoms with Crippen LogP contribution in [-0.4, -0.2) is 35.6 Å². The van der Waals surface area contributed by atoms with Gasteiger partial charge in [0.15, 0.2) is 0 Å². The average Bonchev–Trinajstić information content (AvgIpc) is 3.18. The lowest BCUT2D eigenvalue weighted by Gasteiger charge is -2.50. The van der Waals surface area contributed by atoms with Crippen LogP contribution in [0.4, 0.5) is 0 Å². The Morgan fingerprint density at radius 1 is 1.15 bits per heavy atom.